The van der Waals surface area contributed by atoms with Gasteiger partial charge in [0.05, 0.1) is 18.1 Å². The molecule has 0 saturated heterocycles. The summed E-state index contributed by atoms with van der Waals surface area (Å²) in [5.41, 5.74) is 7.84. The molecule has 0 saturated carbocycles. The van der Waals surface area contributed by atoms with Crippen molar-refractivity contribution in [1.29, 1.82) is 0 Å². The monoisotopic (exact) mass is 274 g/mol. The van der Waals surface area contributed by atoms with Gasteiger partial charge in [0.2, 0.25) is 0 Å². The van der Waals surface area contributed by atoms with Crippen LogP contribution in [-0.2, 0) is 6.54 Å². The smallest absolute Gasteiger partial charge is 0.271 e. The summed E-state index contributed by atoms with van der Waals surface area (Å²) in [7, 11) is 0. The fourth-order valence-electron chi connectivity index (χ4n) is 1.91. The summed E-state index contributed by atoms with van der Waals surface area (Å²) in [5.74, 6) is -0.0292. The van der Waals surface area contributed by atoms with Crippen molar-refractivity contribution in [1.82, 2.24) is 25.1 Å². The lowest BCUT2D eigenvalue weighted by molar-refractivity contribution is 0.0947. The number of nitrogens with two attached hydrogens (primary N) is 1. The third-order valence-electron chi connectivity index (χ3n) is 2.82. The molecular weight excluding hydrogens is 256 g/mol. The lowest BCUT2D eigenvalue weighted by Crippen LogP contribution is -2.26. The molecule has 0 fully saturated rings. The Labute approximate surface area is 117 Å². The number of amides is 1. The Balaban J connectivity index is 1.79. The van der Waals surface area contributed by atoms with Crippen LogP contribution >= 0.6 is 0 Å². The van der Waals surface area contributed by atoms with Gasteiger partial charge < -0.3 is 11.1 Å². The van der Waals surface area contributed by atoms with E-state index < -0.39 is 0 Å². The zero-order chi connectivity index (χ0) is 14.5. The Morgan fingerprint density at radius 3 is 2.85 bits per heavy atom. The van der Waals surface area contributed by atoms with Gasteiger partial charge in [0.25, 0.3) is 5.91 Å². The maximum atomic E-state index is 11.8. The number of nitrogens with zero attached hydrogens (tertiary/aromatic N) is 4. The molecule has 7 nitrogen and oxygen atoms in total. The first-order valence-corrected chi connectivity index (χ1v) is 6.43. The Bertz CT molecular complexity index is 607. The molecule has 2 heterocycles. The van der Waals surface area contributed by atoms with E-state index in [0.29, 0.717) is 6.54 Å². The average Bonchev–Trinajstić information content (AvgIpc) is 2.73. The van der Waals surface area contributed by atoms with Crippen LogP contribution in [0.2, 0.25) is 0 Å². The molecule has 0 spiro atoms. The van der Waals surface area contributed by atoms with Crippen LogP contribution in [0.15, 0.2) is 18.5 Å². The van der Waals surface area contributed by atoms with Crippen molar-refractivity contribution in [3.63, 3.8) is 0 Å². The summed E-state index contributed by atoms with van der Waals surface area (Å²) >= 11 is 0. The van der Waals surface area contributed by atoms with Gasteiger partial charge in [-0.3, -0.25) is 14.5 Å². The van der Waals surface area contributed by atoms with E-state index in [1.165, 1.54) is 12.4 Å². The Morgan fingerprint density at radius 1 is 1.40 bits per heavy atom. The predicted molar refractivity (Wildman–Crippen MR) is 75.1 cm³/mol. The molecule has 0 aliphatic heterocycles. The van der Waals surface area contributed by atoms with Crippen LogP contribution in [0, 0.1) is 13.8 Å². The van der Waals surface area contributed by atoms with Crippen LogP contribution in [0.25, 0.3) is 0 Å². The highest BCUT2D eigenvalue weighted by atomic mass is 16.1. The molecule has 0 aliphatic rings. The van der Waals surface area contributed by atoms with Crippen molar-refractivity contribution >= 4 is 11.7 Å². The van der Waals surface area contributed by atoms with Gasteiger partial charge in [-0.15, -0.1) is 0 Å². The van der Waals surface area contributed by atoms with Gasteiger partial charge in [0.15, 0.2) is 0 Å². The maximum Gasteiger partial charge on any atom is 0.271 e. The maximum absolute atomic E-state index is 11.8. The van der Waals surface area contributed by atoms with Crippen molar-refractivity contribution < 1.29 is 4.79 Å². The molecule has 106 valence electrons. The number of anilines is 1. The molecule has 3 N–H and O–H groups in total. The normalized spacial score (nSPS) is 10.5. The van der Waals surface area contributed by atoms with Crippen molar-refractivity contribution in [3.05, 3.63) is 35.5 Å². The second-order valence-corrected chi connectivity index (χ2v) is 4.59. The molecule has 7 heteroatoms. The SMILES string of the molecule is Cc1cc(C)n(CCCNC(=O)c2cncc(N)n2)n1. The molecule has 2 aromatic rings. The number of aromatic nitrogens is 4. The van der Waals surface area contributed by atoms with E-state index in [1.807, 2.05) is 24.6 Å². The van der Waals surface area contributed by atoms with Crippen LogP contribution in [0.4, 0.5) is 5.82 Å². The molecule has 0 radical (unpaired) electrons. The first-order chi connectivity index (χ1) is 9.56. The van der Waals surface area contributed by atoms with E-state index in [-0.39, 0.29) is 17.4 Å². The van der Waals surface area contributed by atoms with E-state index in [2.05, 4.69) is 20.4 Å². The van der Waals surface area contributed by atoms with Crippen molar-refractivity contribution in [2.45, 2.75) is 26.8 Å². The number of hydrogen-bond acceptors (Lipinski definition) is 5. The third kappa shape index (κ3) is 3.53. The molecule has 0 unspecified atom stereocenters. The summed E-state index contributed by atoms with van der Waals surface area (Å²) in [6, 6.07) is 2.03. The quantitative estimate of drug-likeness (QED) is 0.782. The summed E-state index contributed by atoms with van der Waals surface area (Å²) in [5, 5.41) is 7.15. The van der Waals surface area contributed by atoms with E-state index in [1.54, 1.807) is 0 Å². The van der Waals surface area contributed by atoms with Gasteiger partial charge in [-0.05, 0) is 26.3 Å². The van der Waals surface area contributed by atoms with Crippen molar-refractivity contribution in [2.24, 2.45) is 0 Å². The van der Waals surface area contributed by atoms with Crippen LogP contribution in [0.5, 0.6) is 0 Å². The molecule has 2 rings (SSSR count). The van der Waals surface area contributed by atoms with Gasteiger partial charge in [-0.2, -0.15) is 5.10 Å². The van der Waals surface area contributed by atoms with Crippen LogP contribution in [0.3, 0.4) is 0 Å². The van der Waals surface area contributed by atoms with Gasteiger partial charge >= 0.3 is 0 Å². The highest BCUT2D eigenvalue weighted by molar-refractivity contribution is 5.92. The highest BCUT2D eigenvalue weighted by Gasteiger charge is 2.07. The van der Waals surface area contributed by atoms with Crippen LogP contribution < -0.4 is 11.1 Å². The minimum absolute atomic E-state index is 0.233. The van der Waals surface area contributed by atoms with E-state index >= 15 is 0 Å². The molecule has 20 heavy (non-hydrogen) atoms. The summed E-state index contributed by atoms with van der Waals surface area (Å²) in [4.78, 5) is 19.5. The van der Waals surface area contributed by atoms with E-state index in [4.69, 9.17) is 5.73 Å². The first kappa shape index (κ1) is 14.0. The van der Waals surface area contributed by atoms with Crippen molar-refractivity contribution in [2.75, 3.05) is 12.3 Å². The topological polar surface area (TPSA) is 98.7 Å². The standard InChI is InChI=1S/C13H18N6O/c1-9-6-10(2)19(18-9)5-3-4-16-13(20)11-7-15-8-12(14)17-11/h6-8H,3-5H2,1-2H3,(H2,14,17)(H,16,20). The molecule has 1 amide bonds. The average molecular weight is 274 g/mol. The fourth-order valence-corrected chi connectivity index (χ4v) is 1.91. The number of carbonyl (C=O) groups excluding carboxylic acids is 1. The zero-order valence-corrected chi connectivity index (χ0v) is 11.6. The third-order valence-corrected chi connectivity index (χ3v) is 2.82. The molecular formula is C13H18N6O. The Kier molecular flexibility index (Phi) is 4.29. The van der Waals surface area contributed by atoms with Gasteiger partial charge in [0, 0.05) is 18.8 Å². The fraction of sp³-hybridized carbons (Fsp3) is 0.385. The van der Waals surface area contributed by atoms with E-state index in [0.717, 1.165) is 24.4 Å². The number of carbonyl (C=O) groups is 1. The lowest BCUT2D eigenvalue weighted by Gasteiger charge is -2.06. The molecule has 0 aromatic carbocycles. The summed E-state index contributed by atoms with van der Waals surface area (Å²) < 4.78 is 1.93. The number of aryl methyl sites for hydroxylation is 3. The Hall–Kier alpha value is -2.44. The van der Waals surface area contributed by atoms with E-state index in [9.17, 15) is 4.79 Å². The number of hydrogen-bond donors (Lipinski definition) is 2. The largest absolute Gasteiger partial charge is 0.382 e. The number of rotatable bonds is 5. The molecule has 0 atom stereocenters. The molecule has 0 aliphatic carbocycles. The minimum atomic E-state index is -0.266. The minimum Gasteiger partial charge on any atom is -0.382 e. The molecule has 2 aromatic heterocycles. The summed E-state index contributed by atoms with van der Waals surface area (Å²) in [6.07, 6.45) is 3.59. The van der Waals surface area contributed by atoms with Crippen molar-refractivity contribution in [3.8, 4) is 0 Å². The first-order valence-electron chi connectivity index (χ1n) is 6.43. The predicted octanol–water partition coefficient (Wildman–Crippen LogP) is 0.692. The Morgan fingerprint density at radius 2 is 2.20 bits per heavy atom. The molecule has 0 bridgehead atoms. The number of nitrogens with one attached hydrogen (secondary N) is 1. The number of nitrogen functional groups attached to an aromatic ring is 1. The van der Waals surface area contributed by atoms with Crippen LogP contribution in [0.1, 0.15) is 28.3 Å². The lowest BCUT2D eigenvalue weighted by atomic mass is 10.3. The second kappa shape index (κ2) is 6.14. The second-order valence-electron chi connectivity index (χ2n) is 4.59. The van der Waals surface area contributed by atoms with Gasteiger partial charge in [0.1, 0.15) is 11.5 Å². The van der Waals surface area contributed by atoms with Gasteiger partial charge in [-0.1, -0.05) is 0 Å². The van der Waals surface area contributed by atoms with Crippen LogP contribution in [-0.4, -0.2) is 32.2 Å². The zero-order valence-electron chi connectivity index (χ0n) is 11.6. The highest BCUT2D eigenvalue weighted by Crippen LogP contribution is 2.02. The summed E-state index contributed by atoms with van der Waals surface area (Å²) in [6.45, 7) is 5.29. The van der Waals surface area contributed by atoms with Gasteiger partial charge in [-0.25, -0.2) is 4.98 Å².